The van der Waals surface area contributed by atoms with Crippen LogP contribution in [0.25, 0.3) is 21.5 Å². The molecule has 0 heterocycles. The normalized spacial score (nSPS) is 12.1. The van der Waals surface area contributed by atoms with Crippen molar-refractivity contribution in [1.82, 2.24) is 0 Å². The summed E-state index contributed by atoms with van der Waals surface area (Å²) in [5.74, 6) is 0. The van der Waals surface area contributed by atoms with Crippen LogP contribution >= 0.6 is 0 Å². The summed E-state index contributed by atoms with van der Waals surface area (Å²) in [6, 6.07) is 29.9. The largest absolute Gasteiger partial charge is 1.00 e. The molecule has 0 nitrogen and oxygen atoms in total. The Morgan fingerprint density at radius 3 is 1.39 bits per heavy atom. The third-order valence-electron chi connectivity index (χ3n) is 8.21. The van der Waals surface area contributed by atoms with E-state index in [-0.39, 0.29) is 35.6 Å². The Hall–Kier alpha value is -2.09. The third-order valence-corrected chi connectivity index (χ3v) is 14.2. The van der Waals surface area contributed by atoms with Crippen molar-refractivity contribution in [1.29, 1.82) is 0 Å². The fourth-order valence-electron chi connectivity index (χ4n) is 6.06. The second kappa shape index (κ2) is 16.8. The van der Waals surface area contributed by atoms with Crippen LogP contribution in [-0.2, 0) is 34.2 Å². The van der Waals surface area contributed by atoms with Gasteiger partial charge in [-0.25, -0.2) is 12.2 Å². The molecule has 0 N–H and O–H groups in total. The zero-order chi connectivity index (χ0) is 32.2. The number of fused-ring (bicyclic) bond motifs is 3. The molecule has 6 rings (SSSR count). The Bertz CT molecular complexity index is 1730. The Morgan fingerprint density at radius 1 is 0.652 bits per heavy atom. The number of hydrogen-bond donors (Lipinski definition) is 0. The van der Waals surface area contributed by atoms with Crippen molar-refractivity contribution in [2.24, 2.45) is 0 Å². The summed E-state index contributed by atoms with van der Waals surface area (Å²) in [4.78, 5) is 0. The summed E-state index contributed by atoms with van der Waals surface area (Å²) in [5, 5.41) is 8.62. The molecule has 240 valence electrons. The van der Waals surface area contributed by atoms with Crippen molar-refractivity contribution in [3.63, 3.8) is 0 Å². The van der Waals surface area contributed by atoms with Crippen molar-refractivity contribution in [2.45, 2.75) is 86.5 Å². The minimum absolute atomic E-state index is 0. The molecule has 0 saturated heterocycles. The maximum absolute atomic E-state index is 2.99. The predicted molar refractivity (Wildman–Crippen MR) is 193 cm³/mol. The first-order valence-electron chi connectivity index (χ1n) is 15.7. The van der Waals surface area contributed by atoms with Gasteiger partial charge in [0.25, 0.3) is 0 Å². The van der Waals surface area contributed by atoms with E-state index in [4.69, 9.17) is 0 Å². The van der Waals surface area contributed by atoms with Gasteiger partial charge >= 0.3 is 113 Å². The molecule has 0 saturated carbocycles. The number of halogens is 2. The van der Waals surface area contributed by atoms with Crippen LogP contribution in [0.15, 0.2) is 97.1 Å². The summed E-state index contributed by atoms with van der Waals surface area (Å²) in [6.07, 6.45) is 10.0. The molecule has 0 fully saturated rings. The van der Waals surface area contributed by atoms with E-state index in [1.165, 1.54) is 65.3 Å². The number of rotatable bonds is 2. The van der Waals surface area contributed by atoms with E-state index in [0.29, 0.717) is 0 Å². The van der Waals surface area contributed by atoms with Crippen LogP contribution in [0.2, 0.25) is 0 Å². The molecule has 0 spiro atoms. The van der Waals surface area contributed by atoms with Crippen molar-refractivity contribution < 1.29 is 48.1 Å². The third kappa shape index (κ3) is 10.2. The molecule has 5 aromatic rings. The number of aryl methyl sites for hydroxylation is 4. The molecule has 46 heavy (non-hydrogen) atoms. The number of benzene rings is 4. The van der Waals surface area contributed by atoms with Gasteiger partial charge in [0, 0.05) is 0 Å². The topological polar surface area (TPSA) is 0 Å². The molecule has 1 aliphatic rings. The average molecular weight is 743 g/mol. The van der Waals surface area contributed by atoms with Gasteiger partial charge in [0.15, 0.2) is 0 Å². The van der Waals surface area contributed by atoms with E-state index in [1.807, 2.05) is 12.2 Å². The second-order valence-corrected chi connectivity index (χ2v) is 19.9. The first kappa shape index (κ1) is 40.1. The zero-order valence-electron chi connectivity index (χ0n) is 29.2. The van der Waals surface area contributed by atoms with Gasteiger partial charge in [-0.15, -0.1) is 46.2 Å². The van der Waals surface area contributed by atoms with Crippen LogP contribution in [-0.4, -0.2) is 5.43 Å². The van der Waals surface area contributed by atoms with Crippen LogP contribution in [0.5, 0.6) is 0 Å². The van der Waals surface area contributed by atoms with E-state index in [2.05, 4.69) is 160 Å². The van der Waals surface area contributed by atoms with Crippen molar-refractivity contribution in [2.75, 3.05) is 0 Å². The SMILES string of the molecule is Cc1cc2[cH-]c3cc(C)c(C(C)(C)C)cc3c2cc1C(C)(C)C.Cc1cccc([Si](=[Zr+2])c2cccc(C)c2)c1.[C-]1=CC=CC1.[Cl-].[Cl-]. The van der Waals surface area contributed by atoms with Crippen LogP contribution in [0.4, 0.5) is 0 Å². The standard InChI is InChI=1S/C23H29.C14H14Si.C5H5.2ClH.Zr/c1-14-9-16-11-17-10-15(2)21(23(6,7)8)13-19(17)18(16)12-20(14)22(3,4)5;1-11-5-3-7-13(9-11)15-14-8-4-6-12(2)10-14;1-2-4-5-3-1;;;/h9-13H,1-8H3;3-10H,1-2H3;1-3H,4H2;2*1H;/q-1;;-1;;;+2/p-2. The van der Waals surface area contributed by atoms with Crippen molar-refractivity contribution >= 4 is 37.4 Å². The Labute approximate surface area is 306 Å². The monoisotopic (exact) mass is 740 g/mol. The fourth-order valence-corrected chi connectivity index (χ4v) is 9.95. The molecular formula is C42H48Cl2SiZr-2. The molecule has 5 aromatic carbocycles. The van der Waals surface area contributed by atoms with Crippen LogP contribution in [0, 0.1) is 33.8 Å². The van der Waals surface area contributed by atoms with Crippen molar-refractivity contribution in [3.8, 4) is 0 Å². The smallest absolute Gasteiger partial charge is 0.109 e. The molecular weight excluding hydrogens is 695 g/mol. The summed E-state index contributed by atoms with van der Waals surface area (Å²) in [7, 11) is 0. The molecule has 0 unspecified atom stereocenters. The van der Waals surface area contributed by atoms with Crippen molar-refractivity contribution in [3.05, 3.63) is 137 Å². The Balaban J connectivity index is 0.000000278. The van der Waals surface area contributed by atoms with Crippen LogP contribution < -0.4 is 35.2 Å². The van der Waals surface area contributed by atoms with E-state index in [1.54, 1.807) is 23.3 Å². The van der Waals surface area contributed by atoms with Gasteiger partial charge in [-0.05, 0) is 24.7 Å². The van der Waals surface area contributed by atoms with Gasteiger partial charge in [-0.1, -0.05) is 75.9 Å². The molecule has 0 amide bonds. The molecule has 0 radical (unpaired) electrons. The molecule has 0 bridgehead atoms. The quantitative estimate of drug-likeness (QED) is 0.188. The van der Waals surface area contributed by atoms with E-state index in [0.717, 1.165) is 6.42 Å². The zero-order valence-corrected chi connectivity index (χ0v) is 34.2. The molecule has 1 aliphatic carbocycles. The minimum Gasteiger partial charge on any atom is -1.00 e. The van der Waals surface area contributed by atoms with E-state index in [9.17, 15) is 0 Å². The number of hydrogen-bond acceptors (Lipinski definition) is 0. The first-order valence-corrected chi connectivity index (χ1v) is 20.9. The summed E-state index contributed by atoms with van der Waals surface area (Å²) < 4.78 is 0. The minimum atomic E-state index is -0.499. The predicted octanol–water partition coefficient (Wildman–Crippen LogP) is 4.19. The van der Waals surface area contributed by atoms with Gasteiger partial charge in [0.05, 0.1) is 0 Å². The molecule has 0 atom stereocenters. The summed E-state index contributed by atoms with van der Waals surface area (Å²) >= 11 is 1.65. The van der Waals surface area contributed by atoms with Gasteiger partial charge in [0.1, 0.15) is 0 Å². The maximum Gasteiger partial charge on any atom is -0.109 e. The van der Waals surface area contributed by atoms with Gasteiger partial charge in [0.2, 0.25) is 0 Å². The van der Waals surface area contributed by atoms with Gasteiger partial charge in [-0.3, -0.25) is 6.08 Å². The molecule has 0 aromatic heterocycles. The second-order valence-electron chi connectivity index (χ2n) is 14.3. The van der Waals surface area contributed by atoms with Gasteiger partial charge < -0.3 is 24.8 Å². The summed E-state index contributed by atoms with van der Waals surface area (Å²) in [6.45, 7) is 22.6. The summed E-state index contributed by atoms with van der Waals surface area (Å²) in [5.41, 5.74) is 8.30. The van der Waals surface area contributed by atoms with E-state index < -0.39 is 5.43 Å². The average Bonchev–Trinajstić information content (AvgIpc) is 3.62. The van der Waals surface area contributed by atoms with Crippen LogP contribution in [0.3, 0.4) is 0 Å². The number of allylic oxidation sites excluding steroid dienone is 4. The molecule has 4 heteroatoms. The first-order chi connectivity index (χ1) is 20.6. The van der Waals surface area contributed by atoms with Crippen LogP contribution in [0.1, 0.15) is 81.3 Å². The molecule has 0 aliphatic heterocycles. The Kier molecular flexibility index (Phi) is 14.7. The maximum atomic E-state index is 2.99. The fraction of sp³-hybridized carbons (Fsp3) is 0.310. The van der Waals surface area contributed by atoms with Gasteiger partial charge in [-0.2, -0.15) is 6.08 Å². The Morgan fingerprint density at radius 2 is 1.09 bits per heavy atom. The van der Waals surface area contributed by atoms with E-state index >= 15 is 0 Å².